The van der Waals surface area contributed by atoms with Crippen molar-refractivity contribution in [1.29, 1.82) is 0 Å². The summed E-state index contributed by atoms with van der Waals surface area (Å²) in [5, 5.41) is 2.22. The number of hydrogen-bond acceptors (Lipinski definition) is 4. The fourth-order valence-corrected chi connectivity index (χ4v) is 2.66. The van der Waals surface area contributed by atoms with E-state index in [1.165, 1.54) is 24.3 Å². The van der Waals surface area contributed by atoms with Crippen LogP contribution in [0.15, 0.2) is 24.3 Å². The van der Waals surface area contributed by atoms with Gasteiger partial charge in [0.05, 0.1) is 5.69 Å². The number of barbiturate groups is 1. The normalized spacial score (nSPS) is 20.2. The summed E-state index contributed by atoms with van der Waals surface area (Å²) in [5.74, 6) is -1.62. The molecule has 7 nitrogen and oxygen atoms in total. The number of benzene rings is 1. The maximum absolute atomic E-state index is 12.5. The molecule has 1 spiro atoms. The molecular formula is C14H13N3O4. The Labute approximate surface area is 120 Å². The van der Waals surface area contributed by atoms with Gasteiger partial charge in [-0.15, -0.1) is 0 Å². The number of carbonyl (C=O) groups is 4. The molecule has 0 aromatic heterocycles. The van der Waals surface area contributed by atoms with Crippen LogP contribution in [0.2, 0.25) is 0 Å². The number of imide groups is 2. The number of carbonyl (C=O) groups excluding carboxylic acids is 4. The largest absolute Gasteiger partial charge is 0.366 e. The number of anilines is 1. The van der Waals surface area contributed by atoms with Gasteiger partial charge in [-0.1, -0.05) is 6.42 Å². The van der Waals surface area contributed by atoms with Crippen LogP contribution < -0.4 is 16.0 Å². The van der Waals surface area contributed by atoms with Gasteiger partial charge in [0.1, 0.15) is 5.41 Å². The third-order valence-electron chi connectivity index (χ3n) is 4.09. The van der Waals surface area contributed by atoms with Gasteiger partial charge in [-0.2, -0.15) is 0 Å². The van der Waals surface area contributed by atoms with Crippen molar-refractivity contribution in [2.75, 3.05) is 4.90 Å². The number of rotatable bonds is 2. The summed E-state index contributed by atoms with van der Waals surface area (Å²) < 4.78 is 0. The van der Waals surface area contributed by atoms with Crippen molar-refractivity contribution in [1.82, 2.24) is 5.32 Å². The molecule has 7 heteroatoms. The Morgan fingerprint density at radius 2 is 1.76 bits per heavy atom. The van der Waals surface area contributed by atoms with Crippen LogP contribution in [0.3, 0.4) is 0 Å². The third-order valence-corrected chi connectivity index (χ3v) is 4.09. The summed E-state index contributed by atoms with van der Waals surface area (Å²) in [5.41, 5.74) is 4.61. The van der Waals surface area contributed by atoms with Gasteiger partial charge < -0.3 is 5.73 Å². The zero-order chi connectivity index (χ0) is 15.2. The van der Waals surface area contributed by atoms with E-state index in [9.17, 15) is 19.2 Å². The van der Waals surface area contributed by atoms with E-state index in [0.717, 1.165) is 11.3 Å². The molecule has 1 saturated heterocycles. The summed E-state index contributed by atoms with van der Waals surface area (Å²) in [6.07, 6.45) is 1.67. The highest BCUT2D eigenvalue weighted by atomic mass is 16.2. The second-order valence-corrected chi connectivity index (χ2v) is 5.25. The number of nitrogens with zero attached hydrogens (tertiary/aromatic N) is 1. The van der Waals surface area contributed by atoms with Crippen LogP contribution >= 0.6 is 0 Å². The van der Waals surface area contributed by atoms with Gasteiger partial charge in [0.25, 0.3) is 5.91 Å². The molecule has 2 aliphatic rings. The summed E-state index contributed by atoms with van der Waals surface area (Å²) in [6.45, 7) is 0. The van der Waals surface area contributed by atoms with Crippen LogP contribution in [0.4, 0.5) is 10.5 Å². The first-order valence-corrected chi connectivity index (χ1v) is 6.55. The Kier molecular flexibility index (Phi) is 2.79. The average Bonchev–Trinajstić information content (AvgIpc) is 2.37. The fraction of sp³-hybridized carbons (Fsp3) is 0.286. The Balaban J connectivity index is 1.96. The number of nitrogens with one attached hydrogen (secondary N) is 1. The molecule has 1 aliphatic carbocycles. The van der Waals surface area contributed by atoms with Gasteiger partial charge in [0.2, 0.25) is 11.8 Å². The predicted molar refractivity (Wildman–Crippen MR) is 72.3 cm³/mol. The Bertz CT molecular complexity index is 661. The maximum atomic E-state index is 12.5. The van der Waals surface area contributed by atoms with Gasteiger partial charge in [-0.3, -0.25) is 19.7 Å². The van der Waals surface area contributed by atoms with Crippen LogP contribution in [-0.4, -0.2) is 23.8 Å². The number of amides is 5. The molecule has 0 radical (unpaired) electrons. The lowest BCUT2D eigenvalue weighted by Gasteiger charge is -2.44. The lowest BCUT2D eigenvalue weighted by molar-refractivity contribution is -0.148. The van der Waals surface area contributed by atoms with Crippen LogP contribution in [0.5, 0.6) is 0 Å². The molecule has 108 valence electrons. The topological polar surface area (TPSA) is 110 Å². The SMILES string of the molecule is NC(=O)c1ccc(N2C(=O)NC(=O)C3(CCC3)C2=O)cc1. The zero-order valence-corrected chi connectivity index (χ0v) is 11.1. The van der Waals surface area contributed by atoms with E-state index in [1.54, 1.807) is 0 Å². The monoisotopic (exact) mass is 287 g/mol. The molecule has 0 atom stereocenters. The summed E-state index contributed by atoms with van der Waals surface area (Å²) in [6, 6.07) is 5.01. The van der Waals surface area contributed by atoms with Crippen molar-refractivity contribution in [2.45, 2.75) is 19.3 Å². The van der Waals surface area contributed by atoms with E-state index in [4.69, 9.17) is 5.73 Å². The van der Waals surface area contributed by atoms with Crippen LogP contribution in [-0.2, 0) is 9.59 Å². The number of primary amides is 1. The number of hydrogen-bond donors (Lipinski definition) is 2. The second kappa shape index (κ2) is 4.41. The van der Waals surface area contributed by atoms with E-state index in [-0.39, 0.29) is 5.56 Å². The molecule has 3 N–H and O–H groups in total. The minimum atomic E-state index is -1.11. The van der Waals surface area contributed by atoms with Gasteiger partial charge in [-0.05, 0) is 37.1 Å². The van der Waals surface area contributed by atoms with Crippen molar-refractivity contribution >= 4 is 29.4 Å². The van der Waals surface area contributed by atoms with E-state index < -0.39 is 29.2 Å². The van der Waals surface area contributed by atoms with Crippen LogP contribution in [0, 0.1) is 5.41 Å². The number of nitrogens with two attached hydrogens (primary N) is 1. The summed E-state index contributed by atoms with van der Waals surface area (Å²) >= 11 is 0. The second-order valence-electron chi connectivity index (χ2n) is 5.25. The van der Waals surface area contributed by atoms with Crippen LogP contribution in [0.1, 0.15) is 29.6 Å². The first kappa shape index (κ1) is 13.3. The Morgan fingerprint density at radius 3 is 2.24 bits per heavy atom. The molecule has 1 heterocycles. The van der Waals surface area contributed by atoms with Crippen molar-refractivity contribution in [2.24, 2.45) is 11.1 Å². The molecule has 5 amide bonds. The third kappa shape index (κ3) is 1.81. The zero-order valence-electron chi connectivity index (χ0n) is 11.1. The standard InChI is InChI=1S/C14H13N3O4/c15-10(18)8-2-4-9(5-3-8)17-12(20)14(6-1-7-14)11(19)16-13(17)21/h2-5H,1,6-7H2,(H2,15,18)(H,16,19,21). The highest BCUT2D eigenvalue weighted by Gasteiger charge is 2.57. The molecule has 2 fully saturated rings. The van der Waals surface area contributed by atoms with E-state index in [1.807, 2.05) is 0 Å². The van der Waals surface area contributed by atoms with Crippen molar-refractivity contribution in [3.63, 3.8) is 0 Å². The minimum absolute atomic E-state index is 0.276. The average molecular weight is 287 g/mol. The van der Waals surface area contributed by atoms with Gasteiger partial charge >= 0.3 is 6.03 Å². The molecule has 1 aliphatic heterocycles. The molecule has 0 bridgehead atoms. The van der Waals surface area contributed by atoms with Crippen LogP contribution in [0.25, 0.3) is 0 Å². The molecule has 1 aromatic rings. The molecule has 21 heavy (non-hydrogen) atoms. The molecule has 3 rings (SSSR count). The van der Waals surface area contributed by atoms with E-state index in [2.05, 4.69) is 5.32 Å². The van der Waals surface area contributed by atoms with Crippen molar-refractivity contribution in [3.05, 3.63) is 29.8 Å². The lowest BCUT2D eigenvalue weighted by atomic mass is 9.66. The van der Waals surface area contributed by atoms with Crippen molar-refractivity contribution in [3.8, 4) is 0 Å². The predicted octanol–water partition coefficient (Wildman–Crippen LogP) is 0.539. The first-order chi connectivity index (χ1) is 9.95. The first-order valence-electron chi connectivity index (χ1n) is 6.55. The molecule has 0 unspecified atom stereocenters. The van der Waals surface area contributed by atoms with Gasteiger partial charge in [0.15, 0.2) is 0 Å². The highest BCUT2D eigenvalue weighted by Crippen LogP contribution is 2.45. The lowest BCUT2D eigenvalue weighted by Crippen LogP contribution is -2.66. The molecule has 1 saturated carbocycles. The summed E-state index contributed by atoms with van der Waals surface area (Å²) in [4.78, 5) is 48.4. The van der Waals surface area contributed by atoms with Crippen molar-refractivity contribution < 1.29 is 19.2 Å². The Morgan fingerprint density at radius 1 is 1.14 bits per heavy atom. The summed E-state index contributed by atoms with van der Waals surface area (Å²) in [7, 11) is 0. The van der Waals surface area contributed by atoms with Gasteiger partial charge in [0, 0.05) is 5.56 Å². The highest BCUT2D eigenvalue weighted by molar-refractivity contribution is 6.30. The maximum Gasteiger partial charge on any atom is 0.335 e. The number of urea groups is 1. The Hall–Kier alpha value is -2.70. The smallest absolute Gasteiger partial charge is 0.335 e. The quantitative estimate of drug-likeness (QED) is 0.773. The van der Waals surface area contributed by atoms with E-state index in [0.29, 0.717) is 18.5 Å². The van der Waals surface area contributed by atoms with Gasteiger partial charge in [-0.25, -0.2) is 9.69 Å². The molecular weight excluding hydrogens is 274 g/mol. The minimum Gasteiger partial charge on any atom is -0.366 e. The fourth-order valence-electron chi connectivity index (χ4n) is 2.66. The van der Waals surface area contributed by atoms with E-state index >= 15 is 0 Å². The molecule has 1 aromatic carbocycles.